The third kappa shape index (κ3) is 4.56. The Bertz CT molecular complexity index is 945. The highest BCUT2D eigenvalue weighted by Crippen LogP contribution is 2.34. The number of ether oxygens (including phenoxy) is 2. The molecule has 8 nitrogen and oxygen atoms in total. The zero-order valence-corrected chi connectivity index (χ0v) is 17.1. The highest BCUT2D eigenvalue weighted by Gasteiger charge is 2.27. The molecule has 0 spiro atoms. The van der Waals surface area contributed by atoms with Crippen molar-refractivity contribution in [2.24, 2.45) is 11.6 Å². The molecule has 2 aromatic rings. The first-order chi connectivity index (χ1) is 14.5. The summed E-state index contributed by atoms with van der Waals surface area (Å²) >= 11 is 0. The summed E-state index contributed by atoms with van der Waals surface area (Å²) in [5.41, 5.74) is 12.0. The maximum absolute atomic E-state index is 13.2. The SMILES string of the molecule is C=C(COC)c1cc(C(=O)N2Cc3ccc(OCCCN)cc3C2)c(O)cc1NN. The molecule has 3 rings (SSSR count). The average Bonchev–Trinajstić information content (AvgIpc) is 3.16. The molecule has 0 saturated heterocycles. The number of nitrogens with two attached hydrogens (primary N) is 2. The van der Waals surface area contributed by atoms with E-state index >= 15 is 0 Å². The lowest BCUT2D eigenvalue weighted by molar-refractivity contribution is 0.0748. The minimum absolute atomic E-state index is 0.149. The maximum Gasteiger partial charge on any atom is 0.258 e. The summed E-state index contributed by atoms with van der Waals surface area (Å²) in [6.45, 7) is 6.28. The Morgan fingerprint density at radius 3 is 2.70 bits per heavy atom. The standard InChI is InChI=1S/C22H28N4O4/c1-14(13-29-2)18-9-19(21(27)10-20(18)25-24)22(28)26-11-15-4-5-17(8-16(15)12-26)30-7-3-6-23/h4-5,8-10,25,27H,1,3,6-7,11-13,23-24H2,2H3. The van der Waals surface area contributed by atoms with Gasteiger partial charge in [-0.25, -0.2) is 0 Å². The molecule has 0 atom stereocenters. The number of hydrogen-bond acceptors (Lipinski definition) is 7. The lowest BCUT2D eigenvalue weighted by atomic mass is 10.0. The van der Waals surface area contributed by atoms with Crippen molar-refractivity contribution in [2.75, 3.05) is 32.3 Å². The number of nitrogens with zero attached hydrogens (tertiary/aromatic N) is 1. The van der Waals surface area contributed by atoms with Crippen LogP contribution in [0.3, 0.4) is 0 Å². The number of rotatable bonds is 9. The molecular weight excluding hydrogens is 384 g/mol. The van der Waals surface area contributed by atoms with Gasteiger partial charge in [0.25, 0.3) is 5.91 Å². The van der Waals surface area contributed by atoms with Crippen molar-refractivity contribution >= 4 is 17.2 Å². The van der Waals surface area contributed by atoms with Crippen LogP contribution >= 0.6 is 0 Å². The van der Waals surface area contributed by atoms with Crippen molar-refractivity contribution in [2.45, 2.75) is 19.5 Å². The molecule has 0 aliphatic carbocycles. The van der Waals surface area contributed by atoms with E-state index in [4.69, 9.17) is 21.1 Å². The van der Waals surface area contributed by atoms with Gasteiger partial charge in [0.2, 0.25) is 0 Å². The number of phenolic OH excluding ortho intramolecular Hbond substituents is 1. The van der Waals surface area contributed by atoms with Crippen LogP contribution < -0.4 is 21.7 Å². The van der Waals surface area contributed by atoms with Crippen molar-refractivity contribution < 1.29 is 19.4 Å². The first-order valence-corrected chi connectivity index (χ1v) is 9.73. The van der Waals surface area contributed by atoms with Crippen LogP contribution in [-0.4, -0.2) is 42.8 Å². The summed E-state index contributed by atoms with van der Waals surface area (Å²) < 4.78 is 10.8. The number of nitrogens with one attached hydrogen (secondary N) is 1. The van der Waals surface area contributed by atoms with E-state index in [1.54, 1.807) is 18.1 Å². The maximum atomic E-state index is 13.2. The molecule has 6 N–H and O–H groups in total. The highest BCUT2D eigenvalue weighted by atomic mass is 16.5. The van der Waals surface area contributed by atoms with Crippen LogP contribution in [0.25, 0.3) is 5.57 Å². The summed E-state index contributed by atoms with van der Waals surface area (Å²) in [5.74, 6) is 5.90. The predicted molar refractivity (Wildman–Crippen MR) is 116 cm³/mol. The summed E-state index contributed by atoms with van der Waals surface area (Å²) in [6, 6.07) is 8.84. The number of amides is 1. The van der Waals surface area contributed by atoms with Crippen molar-refractivity contribution in [1.82, 2.24) is 4.90 Å². The van der Waals surface area contributed by atoms with E-state index in [2.05, 4.69) is 12.0 Å². The van der Waals surface area contributed by atoms with Crippen molar-refractivity contribution in [3.63, 3.8) is 0 Å². The fourth-order valence-corrected chi connectivity index (χ4v) is 3.47. The fraction of sp³-hybridized carbons (Fsp3) is 0.318. The minimum atomic E-state index is -0.274. The molecule has 0 aromatic heterocycles. The van der Waals surface area contributed by atoms with Gasteiger partial charge in [0, 0.05) is 31.8 Å². The van der Waals surface area contributed by atoms with Gasteiger partial charge < -0.3 is 30.6 Å². The minimum Gasteiger partial charge on any atom is -0.507 e. The van der Waals surface area contributed by atoms with Crippen LogP contribution in [0.2, 0.25) is 0 Å². The van der Waals surface area contributed by atoms with Gasteiger partial charge in [0.1, 0.15) is 11.5 Å². The van der Waals surface area contributed by atoms with Gasteiger partial charge in [-0.05, 0) is 47.9 Å². The smallest absolute Gasteiger partial charge is 0.258 e. The van der Waals surface area contributed by atoms with Gasteiger partial charge in [-0.1, -0.05) is 12.6 Å². The van der Waals surface area contributed by atoms with E-state index in [1.807, 2.05) is 18.2 Å². The van der Waals surface area contributed by atoms with Crippen LogP contribution in [0.15, 0.2) is 36.9 Å². The van der Waals surface area contributed by atoms with E-state index in [-0.39, 0.29) is 23.8 Å². The van der Waals surface area contributed by atoms with Gasteiger partial charge >= 0.3 is 0 Å². The number of hydrazine groups is 1. The number of anilines is 1. The first-order valence-electron chi connectivity index (χ1n) is 9.73. The summed E-state index contributed by atoms with van der Waals surface area (Å²) in [7, 11) is 1.56. The number of carbonyl (C=O) groups excluding carboxylic acids is 1. The van der Waals surface area contributed by atoms with E-state index in [0.717, 1.165) is 23.3 Å². The number of nitrogen functional groups attached to an aromatic ring is 1. The molecule has 1 heterocycles. The largest absolute Gasteiger partial charge is 0.507 e. The molecule has 0 radical (unpaired) electrons. The molecule has 0 bridgehead atoms. The molecule has 2 aromatic carbocycles. The Morgan fingerprint density at radius 2 is 2.00 bits per heavy atom. The molecule has 0 unspecified atom stereocenters. The second kappa shape index (κ2) is 9.62. The lowest BCUT2D eigenvalue weighted by Gasteiger charge is -2.19. The van der Waals surface area contributed by atoms with Crippen LogP contribution in [-0.2, 0) is 17.8 Å². The van der Waals surface area contributed by atoms with Crippen molar-refractivity contribution in [1.29, 1.82) is 0 Å². The predicted octanol–water partition coefficient (Wildman–Crippen LogP) is 2.22. The van der Waals surface area contributed by atoms with Crippen molar-refractivity contribution in [3.8, 4) is 11.5 Å². The Hall–Kier alpha value is -3.07. The normalized spacial score (nSPS) is 12.6. The number of benzene rings is 2. The zero-order chi connectivity index (χ0) is 21.7. The van der Waals surface area contributed by atoms with E-state index < -0.39 is 0 Å². The molecular formula is C22H28N4O4. The third-order valence-electron chi connectivity index (χ3n) is 5.03. The molecule has 30 heavy (non-hydrogen) atoms. The van der Waals surface area contributed by atoms with Gasteiger partial charge in [0.05, 0.1) is 24.5 Å². The molecule has 1 aliphatic rings. The van der Waals surface area contributed by atoms with Crippen LogP contribution in [0.5, 0.6) is 11.5 Å². The van der Waals surface area contributed by atoms with Crippen LogP contribution in [0.1, 0.15) is 33.5 Å². The fourth-order valence-electron chi connectivity index (χ4n) is 3.47. The van der Waals surface area contributed by atoms with Crippen LogP contribution in [0.4, 0.5) is 5.69 Å². The van der Waals surface area contributed by atoms with E-state index in [9.17, 15) is 9.90 Å². The molecule has 160 valence electrons. The monoisotopic (exact) mass is 412 g/mol. The quantitative estimate of drug-likeness (QED) is 0.283. The Kier molecular flexibility index (Phi) is 6.94. The molecule has 1 aliphatic heterocycles. The van der Waals surface area contributed by atoms with Gasteiger partial charge in [-0.3, -0.25) is 10.6 Å². The number of carbonyl (C=O) groups is 1. The highest BCUT2D eigenvalue weighted by molar-refractivity contribution is 5.99. The summed E-state index contributed by atoms with van der Waals surface area (Å²) in [4.78, 5) is 14.9. The number of phenols is 1. The third-order valence-corrected chi connectivity index (χ3v) is 5.03. The molecule has 0 fully saturated rings. The van der Waals surface area contributed by atoms with E-state index in [1.165, 1.54) is 6.07 Å². The second-order valence-corrected chi connectivity index (χ2v) is 7.18. The first kappa shape index (κ1) is 21.6. The Labute approximate surface area is 176 Å². The lowest BCUT2D eigenvalue weighted by Crippen LogP contribution is -2.25. The topological polar surface area (TPSA) is 123 Å². The Morgan fingerprint density at radius 1 is 1.23 bits per heavy atom. The molecule has 0 saturated carbocycles. The van der Waals surface area contributed by atoms with Crippen molar-refractivity contribution in [3.05, 3.63) is 59.2 Å². The number of hydrogen-bond donors (Lipinski definition) is 4. The number of aromatic hydroxyl groups is 1. The Balaban J connectivity index is 1.81. The van der Waals surface area contributed by atoms with Gasteiger partial charge in [-0.2, -0.15) is 0 Å². The second-order valence-electron chi connectivity index (χ2n) is 7.18. The zero-order valence-electron chi connectivity index (χ0n) is 17.1. The molecule has 1 amide bonds. The van der Waals surface area contributed by atoms with Gasteiger partial charge in [-0.15, -0.1) is 0 Å². The number of methoxy groups -OCH3 is 1. The summed E-state index contributed by atoms with van der Waals surface area (Å²) in [5, 5.41) is 10.4. The van der Waals surface area contributed by atoms with Gasteiger partial charge in [0.15, 0.2) is 0 Å². The average molecular weight is 412 g/mol. The molecule has 8 heteroatoms. The number of fused-ring (bicyclic) bond motifs is 1. The van der Waals surface area contributed by atoms with Crippen LogP contribution in [0, 0.1) is 0 Å². The van der Waals surface area contributed by atoms with E-state index in [0.29, 0.717) is 43.1 Å². The summed E-state index contributed by atoms with van der Waals surface area (Å²) in [6.07, 6.45) is 0.783.